The van der Waals surface area contributed by atoms with Crippen LogP contribution in [0.15, 0.2) is 41.4 Å². The highest BCUT2D eigenvalue weighted by molar-refractivity contribution is 14.0. The van der Waals surface area contributed by atoms with Crippen LogP contribution in [0.2, 0.25) is 0 Å². The molecule has 1 N–H and O–H groups in total. The molecule has 0 aromatic heterocycles. The fraction of sp³-hybridized carbons (Fsp3) is 0.571. The number of halogens is 1. The number of aliphatic imine (C=N–C) groups is 1. The summed E-state index contributed by atoms with van der Waals surface area (Å²) in [6.07, 6.45) is 7.06. The van der Waals surface area contributed by atoms with E-state index in [-0.39, 0.29) is 24.0 Å². The Bertz CT molecular complexity index is 637. The van der Waals surface area contributed by atoms with E-state index >= 15 is 0 Å². The third kappa shape index (κ3) is 5.85. The number of hydrogen-bond donors (Lipinski definition) is 1. The summed E-state index contributed by atoms with van der Waals surface area (Å²) in [5, 5.41) is 3.53. The monoisotopic (exact) mass is 483 g/mol. The van der Waals surface area contributed by atoms with Crippen LogP contribution in [0.1, 0.15) is 25.3 Å². The summed E-state index contributed by atoms with van der Waals surface area (Å²) in [4.78, 5) is 11.7. The molecule has 1 fully saturated rings. The molecular weight excluding hydrogens is 449 g/mol. The summed E-state index contributed by atoms with van der Waals surface area (Å²) >= 11 is 0. The molecule has 1 aromatic rings. The smallest absolute Gasteiger partial charge is 0.193 e. The van der Waals surface area contributed by atoms with Crippen LogP contribution in [0.5, 0.6) is 0 Å². The van der Waals surface area contributed by atoms with Crippen molar-refractivity contribution in [2.45, 2.75) is 32.4 Å². The zero-order valence-electron chi connectivity index (χ0n) is 16.9. The molecule has 0 radical (unpaired) electrons. The standard InChI is InChI=1S/C21H33N5.HI/c1-4-25-14-8-11-20(25)17-24(3)21(22-2)23-16-18-9-7-10-19(15-18)26-12-5-6-13-26;/h5-7,9-10,15,20H,4,8,11-14,16-17H2,1-3H3,(H,22,23);1H. The Morgan fingerprint density at radius 1 is 1.30 bits per heavy atom. The Morgan fingerprint density at radius 2 is 2.07 bits per heavy atom. The number of benzene rings is 1. The van der Waals surface area contributed by atoms with Gasteiger partial charge in [-0.25, -0.2) is 0 Å². The molecule has 0 amide bonds. The molecule has 5 nitrogen and oxygen atoms in total. The summed E-state index contributed by atoms with van der Waals surface area (Å²) in [6.45, 7) is 8.49. The van der Waals surface area contributed by atoms with Crippen LogP contribution in [0.4, 0.5) is 5.69 Å². The summed E-state index contributed by atoms with van der Waals surface area (Å²) in [7, 11) is 4.02. The van der Waals surface area contributed by atoms with E-state index in [9.17, 15) is 0 Å². The lowest BCUT2D eigenvalue weighted by molar-refractivity contribution is 0.232. The lowest BCUT2D eigenvalue weighted by Gasteiger charge is -2.30. The topological polar surface area (TPSA) is 34.1 Å². The molecule has 1 unspecified atom stereocenters. The first-order valence-corrected chi connectivity index (χ1v) is 9.86. The highest BCUT2D eigenvalue weighted by Gasteiger charge is 2.24. The van der Waals surface area contributed by atoms with Gasteiger partial charge < -0.3 is 15.1 Å². The molecule has 0 aliphatic carbocycles. The second-order valence-corrected chi connectivity index (χ2v) is 7.25. The number of anilines is 1. The van der Waals surface area contributed by atoms with Gasteiger partial charge in [0.15, 0.2) is 5.96 Å². The number of nitrogens with one attached hydrogen (secondary N) is 1. The normalized spacial score (nSPS) is 20.0. The van der Waals surface area contributed by atoms with Gasteiger partial charge in [-0.05, 0) is 43.6 Å². The summed E-state index contributed by atoms with van der Waals surface area (Å²) < 4.78 is 0. The molecule has 0 saturated carbocycles. The zero-order valence-corrected chi connectivity index (χ0v) is 19.2. The largest absolute Gasteiger partial charge is 0.364 e. The van der Waals surface area contributed by atoms with Gasteiger partial charge in [0.25, 0.3) is 0 Å². The van der Waals surface area contributed by atoms with Crippen molar-refractivity contribution in [2.75, 3.05) is 51.7 Å². The molecular formula is C21H34IN5. The molecule has 2 heterocycles. The van der Waals surface area contributed by atoms with E-state index in [1.807, 2.05) is 7.05 Å². The average Bonchev–Trinajstić information content (AvgIpc) is 3.34. The molecule has 0 spiro atoms. The lowest BCUT2D eigenvalue weighted by Crippen LogP contribution is -2.45. The number of nitrogens with zero attached hydrogens (tertiary/aromatic N) is 4. The Labute approximate surface area is 181 Å². The maximum absolute atomic E-state index is 4.49. The number of hydrogen-bond acceptors (Lipinski definition) is 3. The second kappa shape index (κ2) is 10.9. The first-order valence-electron chi connectivity index (χ1n) is 9.86. The van der Waals surface area contributed by atoms with Crippen LogP contribution < -0.4 is 10.2 Å². The fourth-order valence-electron chi connectivity index (χ4n) is 4.04. The third-order valence-corrected chi connectivity index (χ3v) is 5.51. The second-order valence-electron chi connectivity index (χ2n) is 7.25. The van der Waals surface area contributed by atoms with E-state index < -0.39 is 0 Å². The summed E-state index contributed by atoms with van der Waals surface area (Å²) in [5.41, 5.74) is 2.59. The van der Waals surface area contributed by atoms with E-state index in [1.165, 1.54) is 30.6 Å². The van der Waals surface area contributed by atoms with Crippen molar-refractivity contribution in [1.82, 2.24) is 15.1 Å². The van der Waals surface area contributed by atoms with Crippen molar-refractivity contribution >= 4 is 35.6 Å². The molecule has 27 heavy (non-hydrogen) atoms. The molecule has 2 aliphatic heterocycles. The number of guanidine groups is 1. The Kier molecular flexibility index (Phi) is 8.89. The minimum Gasteiger partial charge on any atom is -0.364 e. The van der Waals surface area contributed by atoms with Crippen LogP contribution in [-0.4, -0.2) is 68.6 Å². The Morgan fingerprint density at radius 3 is 2.78 bits per heavy atom. The first-order chi connectivity index (χ1) is 12.7. The molecule has 3 rings (SSSR count). The van der Waals surface area contributed by atoms with E-state index in [1.54, 1.807) is 0 Å². The van der Waals surface area contributed by atoms with Crippen molar-refractivity contribution in [2.24, 2.45) is 4.99 Å². The third-order valence-electron chi connectivity index (χ3n) is 5.51. The van der Waals surface area contributed by atoms with Crippen LogP contribution in [-0.2, 0) is 6.54 Å². The van der Waals surface area contributed by atoms with Crippen molar-refractivity contribution in [3.8, 4) is 0 Å². The number of likely N-dealkylation sites (N-methyl/N-ethyl adjacent to an activating group) is 2. The molecule has 1 atom stereocenters. The first kappa shape index (κ1) is 22.0. The predicted octanol–water partition coefficient (Wildman–Crippen LogP) is 3.17. The van der Waals surface area contributed by atoms with Crippen molar-refractivity contribution < 1.29 is 0 Å². The van der Waals surface area contributed by atoms with Gasteiger partial charge in [0.2, 0.25) is 0 Å². The summed E-state index contributed by atoms with van der Waals surface area (Å²) in [5.74, 6) is 0.973. The average molecular weight is 483 g/mol. The minimum absolute atomic E-state index is 0. The van der Waals surface area contributed by atoms with Crippen LogP contribution in [0, 0.1) is 0 Å². The Hall–Kier alpha value is -1.28. The van der Waals surface area contributed by atoms with Crippen LogP contribution in [0.25, 0.3) is 0 Å². The minimum atomic E-state index is 0. The van der Waals surface area contributed by atoms with Gasteiger partial charge in [0, 0.05) is 52.0 Å². The van der Waals surface area contributed by atoms with Crippen molar-refractivity contribution in [1.29, 1.82) is 0 Å². The van der Waals surface area contributed by atoms with Gasteiger partial charge in [0.05, 0.1) is 0 Å². The van der Waals surface area contributed by atoms with Crippen molar-refractivity contribution in [3.63, 3.8) is 0 Å². The lowest BCUT2D eigenvalue weighted by atomic mass is 10.2. The van der Waals surface area contributed by atoms with E-state index in [0.29, 0.717) is 6.04 Å². The summed E-state index contributed by atoms with van der Waals surface area (Å²) in [6, 6.07) is 9.45. The number of rotatable bonds is 6. The molecule has 2 aliphatic rings. The highest BCUT2D eigenvalue weighted by Crippen LogP contribution is 2.19. The van der Waals surface area contributed by atoms with E-state index in [2.05, 4.69) is 75.4 Å². The highest BCUT2D eigenvalue weighted by atomic mass is 127. The zero-order chi connectivity index (χ0) is 18.4. The van der Waals surface area contributed by atoms with Gasteiger partial charge in [-0.15, -0.1) is 24.0 Å². The molecule has 0 bridgehead atoms. The van der Waals surface area contributed by atoms with E-state index in [0.717, 1.165) is 38.7 Å². The van der Waals surface area contributed by atoms with Gasteiger partial charge >= 0.3 is 0 Å². The molecule has 1 aromatic carbocycles. The van der Waals surface area contributed by atoms with Gasteiger partial charge in [0.1, 0.15) is 0 Å². The maximum Gasteiger partial charge on any atom is 0.193 e. The Balaban J connectivity index is 0.00000261. The van der Waals surface area contributed by atoms with Crippen LogP contribution in [0.3, 0.4) is 0 Å². The molecule has 1 saturated heterocycles. The number of likely N-dealkylation sites (tertiary alicyclic amines) is 1. The van der Waals surface area contributed by atoms with Gasteiger partial charge in [-0.3, -0.25) is 9.89 Å². The van der Waals surface area contributed by atoms with Crippen LogP contribution >= 0.6 is 24.0 Å². The predicted molar refractivity (Wildman–Crippen MR) is 126 cm³/mol. The molecule has 150 valence electrons. The quantitative estimate of drug-likeness (QED) is 0.292. The maximum atomic E-state index is 4.49. The fourth-order valence-corrected chi connectivity index (χ4v) is 4.04. The van der Waals surface area contributed by atoms with Gasteiger partial charge in [-0.1, -0.05) is 31.2 Å². The molecule has 6 heteroatoms. The SMILES string of the molecule is CCN1CCCC1CN(C)C(=NC)NCc1cccc(N2CC=CC2)c1.I. The van der Waals surface area contributed by atoms with E-state index in [4.69, 9.17) is 0 Å². The van der Waals surface area contributed by atoms with Crippen molar-refractivity contribution in [3.05, 3.63) is 42.0 Å². The van der Waals surface area contributed by atoms with Gasteiger partial charge in [-0.2, -0.15) is 0 Å².